The van der Waals surface area contributed by atoms with Crippen LogP contribution in [-0.2, 0) is 0 Å². The highest BCUT2D eigenvalue weighted by atomic mass is 79.9. The van der Waals surface area contributed by atoms with Crippen LogP contribution in [0.15, 0.2) is 22.7 Å². The maximum absolute atomic E-state index is 11.0. The zero-order valence-corrected chi connectivity index (χ0v) is 11.9. The Hall–Kier alpha value is -1.10. The predicted octanol–water partition coefficient (Wildman–Crippen LogP) is 4.35. The standard InChI is InChI=1S/C13H17BrN2O2/c1-2-11(7-9-3-4-9)15-12-8-10(14)5-6-13(12)16(17)18/h5-6,8-9,11,15H,2-4,7H2,1H3. The zero-order chi connectivity index (χ0) is 13.1. The highest BCUT2D eigenvalue weighted by Gasteiger charge is 2.26. The summed E-state index contributed by atoms with van der Waals surface area (Å²) in [5, 5.41) is 14.3. The van der Waals surface area contributed by atoms with Crippen molar-refractivity contribution in [2.24, 2.45) is 5.92 Å². The molecule has 1 N–H and O–H groups in total. The van der Waals surface area contributed by atoms with Gasteiger partial charge in [0.15, 0.2) is 0 Å². The van der Waals surface area contributed by atoms with E-state index in [4.69, 9.17) is 0 Å². The van der Waals surface area contributed by atoms with Crippen molar-refractivity contribution in [1.29, 1.82) is 0 Å². The maximum atomic E-state index is 11.0. The van der Waals surface area contributed by atoms with Crippen LogP contribution in [0.5, 0.6) is 0 Å². The lowest BCUT2D eigenvalue weighted by Gasteiger charge is -2.18. The van der Waals surface area contributed by atoms with E-state index in [0.29, 0.717) is 11.7 Å². The summed E-state index contributed by atoms with van der Waals surface area (Å²) in [6.45, 7) is 2.11. The van der Waals surface area contributed by atoms with Gasteiger partial charge >= 0.3 is 0 Å². The maximum Gasteiger partial charge on any atom is 0.292 e. The summed E-state index contributed by atoms with van der Waals surface area (Å²) in [6.07, 6.45) is 4.71. The van der Waals surface area contributed by atoms with Crippen LogP contribution in [0.2, 0.25) is 0 Å². The number of hydrogen-bond donors (Lipinski definition) is 1. The van der Waals surface area contributed by atoms with Gasteiger partial charge in [-0.2, -0.15) is 0 Å². The minimum atomic E-state index is -0.335. The molecule has 1 fully saturated rings. The van der Waals surface area contributed by atoms with Crippen LogP contribution in [0.1, 0.15) is 32.6 Å². The number of nitrogens with one attached hydrogen (secondary N) is 1. The molecule has 0 radical (unpaired) electrons. The lowest BCUT2D eigenvalue weighted by atomic mass is 10.1. The Morgan fingerprint density at radius 1 is 1.56 bits per heavy atom. The van der Waals surface area contributed by atoms with Crippen LogP contribution in [0, 0.1) is 16.0 Å². The second-order valence-corrected chi connectivity index (χ2v) is 5.76. The van der Waals surface area contributed by atoms with E-state index in [2.05, 4.69) is 28.2 Å². The Balaban J connectivity index is 2.14. The highest BCUT2D eigenvalue weighted by molar-refractivity contribution is 9.10. The molecule has 98 valence electrons. The Morgan fingerprint density at radius 2 is 2.28 bits per heavy atom. The molecule has 1 aromatic rings. The second kappa shape index (κ2) is 5.69. The molecule has 0 amide bonds. The van der Waals surface area contributed by atoms with Crippen LogP contribution in [0.25, 0.3) is 0 Å². The molecule has 1 atom stereocenters. The largest absolute Gasteiger partial charge is 0.377 e. The number of halogens is 1. The molecule has 1 aromatic carbocycles. The molecule has 0 saturated heterocycles. The Bertz CT molecular complexity index is 447. The van der Waals surface area contributed by atoms with Gasteiger partial charge in [0.2, 0.25) is 0 Å². The van der Waals surface area contributed by atoms with Gasteiger partial charge in [0.05, 0.1) is 4.92 Å². The lowest BCUT2D eigenvalue weighted by molar-refractivity contribution is -0.384. The summed E-state index contributed by atoms with van der Waals surface area (Å²) >= 11 is 3.36. The lowest BCUT2D eigenvalue weighted by Crippen LogP contribution is -2.19. The number of nitro benzene ring substituents is 1. The average molecular weight is 313 g/mol. The minimum absolute atomic E-state index is 0.146. The van der Waals surface area contributed by atoms with E-state index >= 15 is 0 Å². The van der Waals surface area contributed by atoms with Gasteiger partial charge < -0.3 is 5.32 Å². The summed E-state index contributed by atoms with van der Waals surface area (Å²) in [5.74, 6) is 0.814. The highest BCUT2D eigenvalue weighted by Crippen LogP contribution is 2.36. The van der Waals surface area contributed by atoms with Crippen molar-refractivity contribution < 1.29 is 4.92 Å². The van der Waals surface area contributed by atoms with E-state index in [0.717, 1.165) is 23.2 Å². The Morgan fingerprint density at radius 3 is 2.83 bits per heavy atom. The van der Waals surface area contributed by atoms with Crippen LogP contribution >= 0.6 is 15.9 Å². The van der Waals surface area contributed by atoms with Crippen LogP contribution in [-0.4, -0.2) is 11.0 Å². The first-order chi connectivity index (χ1) is 8.60. The molecule has 0 aromatic heterocycles. The third kappa shape index (κ3) is 3.45. The van der Waals surface area contributed by atoms with Gasteiger partial charge in [-0.25, -0.2) is 0 Å². The molecule has 0 bridgehead atoms. The van der Waals surface area contributed by atoms with E-state index in [-0.39, 0.29) is 10.6 Å². The first-order valence-electron chi connectivity index (χ1n) is 6.30. The molecule has 4 nitrogen and oxygen atoms in total. The molecular weight excluding hydrogens is 296 g/mol. The topological polar surface area (TPSA) is 55.2 Å². The number of benzene rings is 1. The van der Waals surface area contributed by atoms with Gasteiger partial charge in [-0.05, 0) is 30.9 Å². The van der Waals surface area contributed by atoms with Crippen LogP contribution < -0.4 is 5.32 Å². The third-order valence-corrected chi connectivity index (χ3v) is 3.82. The fraction of sp³-hybridized carbons (Fsp3) is 0.538. The Kier molecular flexibility index (Phi) is 4.22. The molecule has 1 unspecified atom stereocenters. The van der Waals surface area contributed by atoms with Crippen molar-refractivity contribution in [3.63, 3.8) is 0 Å². The summed E-state index contributed by atoms with van der Waals surface area (Å²) in [6, 6.07) is 5.35. The molecule has 0 spiro atoms. The van der Waals surface area contributed by atoms with E-state index < -0.39 is 0 Å². The number of nitro groups is 1. The minimum Gasteiger partial charge on any atom is -0.377 e. The number of rotatable bonds is 6. The third-order valence-electron chi connectivity index (χ3n) is 3.32. The van der Waals surface area contributed by atoms with Crippen LogP contribution in [0.4, 0.5) is 11.4 Å². The van der Waals surface area contributed by atoms with Crippen molar-refractivity contribution in [3.05, 3.63) is 32.8 Å². The first-order valence-corrected chi connectivity index (χ1v) is 7.10. The van der Waals surface area contributed by atoms with Gasteiger partial charge in [0, 0.05) is 16.6 Å². The molecule has 0 aliphatic heterocycles. The van der Waals surface area contributed by atoms with Crippen LogP contribution in [0.3, 0.4) is 0 Å². The number of hydrogen-bond acceptors (Lipinski definition) is 3. The summed E-state index contributed by atoms with van der Waals surface area (Å²) in [5.41, 5.74) is 0.759. The first kappa shape index (κ1) is 13.3. The SMILES string of the molecule is CCC(CC1CC1)Nc1cc(Br)ccc1[N+](=O)[O-]. The predicted molar refractivity (Wildman–Crippen MR) is 75.8 cm³/mol. The van der Waals surface area contributed by atoms with E-state index in [1.165, 1.54) is 18.9 Å². The monoisotopic (exact) mass is 312 g/mol. The molecule has 0 heterocycles. The molecule has 1 saturated carbocycles. The number of nitrogens with zero attached hydrogens (tertiary/aromatic N) is 1. The summed E-state index contributed by atoms with van der Waals surface area (Å²) < 4.78 is 0.858. The van der Waals surface area contributed by atoms with Crippen molar-refractivity contribution in [2.45, 2.75) is 38.6 Å². The van der Waals surface area contributed by atoms with Crippen molar-refractivity contribution >= 4 is 27.3 Å². The zero-order valence-electron chi connectivity index (χ0n) is 10.4. The summed E-state index contributed by atoms with van der Waals surface area (Å²) in [4.78, 5) is 10.7. The van der Waals surface area contributed by atoms with Crippen molar-refractivity contribution in [2.75, 3.05) is 5.32 Å². The fourth-order valence-corrected chi connectivity index (χ4v) is 2.45. The molecule has 18 heavy (non-hydrogen) atoms. The quantitative estimate of drug-likeness (QED) is 0.627. The van der Waals surface area contributed by atoms with Gasteiger partial charge in [0.1, 0.15) is 5.69 Å². The Labute approximate surface area is 115 Å². The van der Waals surface area contributed by atoms with Gasteiger partial charge in [-0.15, -0.1) is 0 Å². The smallest absolute Gasteiger partial charge is 0.292 e. The number of anilines is 1. The van der Waals surface area contributed by atoms with Gasteiger partial charge in [-0.3, -0.25) is 10.1 Å². The summed E-state index contributed by atoms with van der Waals surface area (Å²) in [7, 11) is 0. The molecule has 5 heteroatoms. The van der Waals surface area contributed by atoms with Crippen molar-refractivity contribution in [3.8, 4) is 0 Å². The average Bonchev–Trinajstić information content (AvgIpc) is 3.11. The molecule has 2 rings (SSSR count). The molecular formula is C13H17BrN2O2. The van der Waals surface area contributed by atoms with Gasteiger partial charge in [-0.1, -0.05) is 35.7 Å². The second-order valence-electron chi connectivity index (χ2n) is 4.85. The van der Waals surface area contributed by atoms with E-state index in [9.17, 15) is 10.1 Å². The van der Waals surface area contributed by atoms with Crippen molar-refractivity contribution in [1.82, 2.24) is 0 Å². The van der Waals surface area contributed by atoms with E-state index in [1.807, 2.05) is 0 Å². The fourth-order valence-electron chi connectivity index (χ4n) is 2.09. The molecule has 1 aliphatic carbocycles. The van der Waals surface area contributed by atoms with E-state index in [1.54, 1.807) is 12.1 Å². The normalized spacial score (nSPS) is 16.3. The van der Waals surface area contributed by atoms with Gasteiger partial charge in [0.25, 0.3) is 5.69 Å². The molecule has 1 aliphatic rings.